The van der Waals surface area contributed by atoms with E-state index in [0.29, 0.717) is 6.54 Å². The van der Waals surface area contributed by atoms with Gasteiger partial charge in [-0.05, 0) is 32.4 Å². The molecule has 0 amide bonds. The van der Waals surface area contributed by atoms with E-state index in [-0.39, 0.29) is 6.42 Å². The molecule has 1 heterocycles. The Morgan fingerprint density at radius 3 is 2.30 bits per heavy atom. The quantitative estimate of drug-likeness (QED) is 0.753. The average molecular weight is 279 g/mol. The van der Waals surface area contributed by atoms with Gasteiger partial charge in [0.2, 0.25) is 0 Å². The standard InChI is InChI=1S/C15H25N3O2/c1-4-10-18(11-9-15(19)20)13-7-8-14(16-12-13)17(5-2)6-3/h7-8,12H,4-6,9-11H2,1-3H3,(H,19,20). The number of aliphatic carboxylic acids is 1. The minimum absolute atomic E-state index is 0.151. The summed E-state index contributed by atoms with van der Waals surface area (Å²) in [4.78, 5) is 19.5. The molecule has 5 heteroatoms. The Morgan fingerprint density at radius 2 is 1.85 bits per heavy atom. The summed E-state index contributed by atoms with van der Waals surface area (Å²) in [6.45, 7) is 9.53. The fourth-order valence-corrected chi connectivity index (χ4v) is 2.17. The Morgan fingerprint density at radius 1 is 1.15 bits per heavy atom. The fraction of sp³-hybridized carbons (Fsp3) is 0.600. The highest BCUT2D eigenvalue weighted by Gasteiger charge is 2.09. The largest absolute Gasteiger partial charge is 0.481 e. The van der Waals surface area contributed by atoms with Crippen LogP contribution in [0.5, 0.6) is 0 Å². The van der Waals surface area contributed by atoms with Crippen LogP contribution in [-0.4, -0.2) is 42.2 Å². The van der Waals surface area contributed by atoms with Crippen molar-refractivity contribution in [3.05, 3.63) is 18.3 Å². The summed E-state index contributed by atoms with van der Waals surface area (Å²) in [5.41, 5.74) is 0.990. The number of nitrogens with zero attached hydrogens (tertiary/aromatic N) is 3. The minimum atomic E-state index is -0.765. The van der Waals surface area contributed by atoms with Crippen molar-refractivity contribution in [2.24, 2.45) is 0 Å². The Kier molecular flexibility index (Phi) is 6.84. The highest BCUT2D eigenvalue weighted by atomic mass is 16.4. The van der Waals surface area contributed by atoms with E-state index >= 15 is 0 Å². The van der Waals surface area contributed by atoms with Crippen molar-refractivity contribution in [3.63, 3.8) is 0 Å². The first-order chi connectivity index (χ1) is 9.62. The van der Waals surface area contributed by atoms with Gasteiger partial charge >= 0.3 is 5.97 Å². The normalized spacial score (nSPS) is 10.3. The Labute approximate surface area is 121 Å². The van der Waals surface area contributed by atoms with Gasteiger partial charge in [-0.15, -0.1) is 0 Å². The molecule has 20 heavy (non-hydrogen) atoms. The number of carboxylic acids is 1. The van der Waals surface area contributed by atoms with E-state index in [1.807, 2.05) is 18.3 Å². The van der Waals surface area contributed by atoms with E-state index in [0.717, 1.165) is 37.6 Å². The molecule has 0 spiro atoms. The third-order valence-electron chi connectivity index (χ3n) is 3.27. The molecule has 0 aliphatic rings. The van der Waals surface area contributed by atoms with E-state index in [1.165, 1.54) is 0 Å². The number of carboxylic acid groups (broad SMARTS) is 1. The lowest BCUT2D eigenvalue weighted by Crippen LogP contribution is -2.27. The topological polar surface area (TPSA) is 56.7 Å². The second-order valence-corrected chi connectivity index (χ2v) is 4.68. The molecular weight excluding hydrogens is 254 g/mol. The summed E-state index contributed by atoms with van der Waals surface area (Å²) < 4.78 is 0. The maximum Gasteiger partial charge on any atom is 0.305 e. The number of anilines is 2. The number of carbonyl (C=O) groups is 1. The molecule has 0 fully saturated rings. The first kappa shape index (κ1) is 16.3. The summed E-state index contributed by atoms with van der Waals surface area (Å²) >= 11 is 0. The summed E-state index contributed by atoms with van der Waals surface area (Å²) in [6, 6.07) is 4.03. The van der Waals surface area contributed by atoms with E-state index < -0.39 is 5.97 Å². The van der Waals surface area contributed by atoms with Gasteiger partial charge in [-0.3, -0.25) is 4.79 Å². The molecule has 0 aliphatic heterocycles. The van der Waals surface area contributed by atoms with Gasteiger partial charge < -0.3 is 14.9 Å². The van der Waals surface area contributed by atoms with Gasteiger partial charge in [0.15, 0.2) is 0 Å². The van der Waals surface area contributed by atoms with Crippen molar-refractivity contribution >= 4 is 17.5 Å². The zero-order valence-electron chi connectivity index (χ0n) is 12.7. The predicted octanol–water partition coefficient (Wildman–Crippen LogP) is 2.62. The summed E-state index contributed by atoms with van der Waals surface area (Å²) in [5.74, 6) is 0.201. The SMILES string of the molecule is CCCN(CCC(=O)O)c1ccc(N(CC)CC)nc1. The van der Waals surface area contributed by atoms with Gasteiger partial charge in [0.25, 0.3) is 0 Å². The lowest BCUT2D eigenvalue weighted by molar-refractivity contribution is -0.136. The van der Waals surface area contributed by atoms with Crippen molar-refractivity contribution in [1.29, 1.82) is 0 Å². The highest BCUT2D eigenvalue weighted by Crippen LogP contribution is 2.18. The number of hydrogen-bond donors (Lipinski definition) is 1. The van der Waals surface area contributed by atoms with Gasteiger partial charge in [-0.1, -0.05) is 6.92 Å². The molecule has 0 atom stereocenters. The van der Waals surface area contributed by atoms with Gasteiger partial charge in [0, 0.05) is 26.2 Å². The molecule has 1 N–H and O–H groups in total. The van der Waals surface area contributed by atoms with Gasteiger partial charge in [0.05, 0.1) is 18.3 Å². The van der Waals surface area contributed by atoms with Crippen molar-refractivity contribution < 1.29 is 9.90 Å². The molecule has 0 aromatic carbocycles. The van der Waals surface area contributed by atoms with Crippen LogP contribution in [0, 0.1) is 0 Å². The maximum atomic E-state index is 10.7. The van der Waals surface area contributed by atoms with Crippen LogP contribution in [-0.2, 0) is 4.79 Å². The molecule has 0 bridgehead atoms. The van der Waals surface area contributed by atoms with Crippen LogP contribution in [0.1, 0.15) is 33.6 Å². The summed E-state index contributed by atoms with van der Waals surface area (Å²) in [5, 5.41) is 8.81. The maximum absolute atomic E-state index is 10.7. The molecule has 1 rings (SSSR count). The zero-order chi connectivity index (χ0) is 15.0. The van der Waals surface area contributed by atoms with Crippen molar-refractivity contribution in [3.8, 4) is 0 Å². The van der Waals surface area contributed by atoms with Crippen LogP contribution < -0.4 is 9.80 Å². The molecule has 112 valence electrons. The molecule has 1 aromatic heterocycles. The second-order valence-electron chi connectivity index (χ2n) is 4.68. The van der Waals surface area contributed by atoms with Crippen molar-refractivity contribution in [2.45, 2.75) is 33.6 Å². The second kappa shape index (κ2) is 8.40. The van der Waals surface area contributed by atoms with E-state index in [2.05, 4.69) is 35.6 Å². The van der Waals surface area contributed by atoms with Crippen molar-refractivity contribution in [2.75, 3.05) is 36.0 Å². The fourth-order valence-electron chi connectivity index (χ4n) is 2.17. The van der Waals surface area contributed by atoms with E-state index in [9.17, 15) is 4.79 Å². The summed E-state index contributed by atoms with van der Waals surface area (Å²) in [6.07, 6.45) is 2.97. The molecule has 1 aromatic rings. The molecule has 0 aliphatic carbocycles. The molecule has 0 saturated heterocycles. The molecule has 0 radical (unpaired) electrons. The van der Waals surface area contributed by atoms with Crippen LogP contribution >= 0.6 is 0 Å². The number of pyridine rings is 1. The first-order valence-corrected chi connectivity index (χ1v) is 7.30. The number of hydrogen-bond acceptors (Lipinski definition) is 4. The van der Waals surface area contributed by atoms with Crippen LogP contribution in [0.25, 0.3) is 0 Å². The van der Waals surface area contributed by atoms with Gasteiger partial charge in [-0.2, -0.15) is 0 Å². The lowest BCUT2D eigenvalue weighted by Gasteiger charge is -2.25. The van der Waals surface area contributed by atoms with E-state index in [4.69, 9.17) is 5.11 Å². The van der Waals surface area contributed by atoms with Gasteiger partial charge in [-0.25, -0.2) is 4.98 Å². The van der Waals surface area contributed by atoms with Crippen LogP contribution in [0.4, 0.5) is 11.5 Å². The first-order valence-electron chi connectivity index (χ1n) is 7.30. The molecule has 0 saturated carbocycles. The summed E-state index contributed by atoms with van der Waals surface area (Å²) in [7, 11) is 0. The Bertz CT molecular complexity index is 402. The van der Waals surface area contributed by atoms with Crippen molar-refractivity contribution in [1.82, 2.24) is 4.98 Å². The predicted molar refractivity (Wildman–Crippen MR) is 82.6 cm³/mol. The monoisotopic (exact) mass is 279 g/mol. The highest BCUT2D eigenvalue weighted by molar-refractivity contribution is 5.67. The third kappa shape index (κ3) is 4.72. The third-order valence-corrected chi connectivity index (χ3v) is 3.27. The molecule has 5 nitrogen and oxygen atoms in total. The molecule has 0 unspecified atom stereocenters. The van der Waals surface area contributed by atoms with Crippen LogP contribution in [0.2, 0.25) is 0 Å². The average Bonchev–Trinajstić information content (AvgIpc) is 2.45. The zero-order valence-corrected chi connectivity index (χ0v) is 12.7. The van der Waals surface area contributed by atoms with Gasteiger partial charge in [0.1, 0.15) is 5.82 Å². The Hall–Kier alpha value is -1.78. The number of aromatic nitrogens is 1. The van der Waals surface area contributed by atoms with Crippen LogP contribution in [0.3, 0.4) is 0 Å². The smallest absolute Gasteiger partial charge is 0.305 e. The number of rotatable bonds is 9. The Balaban J connectivity index is 2.78. The van der Waals surface area contributed by atoms with E-state index in [1.54, 1.807) is 0 Å². The molecular formula is C15H25N3O2. The minimum Gasteiger partial charge on any atom is -0.481 e. The van der Waals surface area contributed by atoms with Crippen LogP contribution in [0.15, 0.2) is 18.3 Å². The lowest BCUT2D eigenvalue weighted by atomic mass is 10.3.